The van der Waals surface area contributed by atoms with Crippen molar-refractivity contribution in [2.24, 2.45) is 0 Å². The second-order valence-electron chi connectivity index (χ2n) is 4.70. The van der Waals surface area contributed by atoms with Crippen LogP contribution in [0.5, 0.6) is 0 Å². The molecule has 0 aliphatic rings. The van der Waals surface area contributed by atoms with E-state index in [1.54, 1.807) is 12.3 Å². The Morgan fingerprint density at radius 1 is 1.19 bits per heavy atom. The Labute approximate surface area is 118 Å². The summed E-state index contributed by atoms with van der Waals surface area (Å²) >= 11 is 0. The highest BCUT2D eigenvalue weighted by Crippen LogP contribution is 2.33. The molecule has 108 valence electrons. The summed E-state index contributed by atoms with van der Waals surface area (Å²) in [6, 6.07) is 4.99. The summed E-state index contributed by atoms with van der Waals surface area (Å²) in [5.74, 6) is 0. The first-order valence-corrected chi connectivity index (χ1v) is 6.14. The minimum absolute atomic E-state index is 0.268. The molecular formula is C14H11F3N4. The summed E-state index contributed by atoms with van der Waals surface area (Å²) < 4.78 is 40.0. The van der Waals surface area contributed by atoms with Crippen molar-refractivity contribution >= 4 is 11.3 Å². The maximum Gasteiger partial charge on any atom is 0.416 e. The van der Waals surface area contributed by atoms with Gasteiger partial charge in [0.25, 0.3) is 0 Å². The van der Waals surface area contributed by atoms with Crippen LogP contribution in [-0.4, -0.2) is 14.6 Å². The molecule has 2 aromatic heterocycles. The highest BCUT2D eigenvalue weighted by atomic mass is 19.4. The van der Waals surface area contributed by atoms with Gasteiger partial charge in [0.2, 0.25) is 0 Å². The first-order valence-electron chi connectivity index (χ1n) is 6.14. The van der Waals surface area contributed by atoms with Crippen LogP contribution in [0.3, 0.4) is 0 Å². The molecule has 0 radical (unpaired) electrons. The molecule has 0 aliphatic heterocycles. The maximum absolute atomic E-state index is 12.8. The fourth-order valence-corrected chi connectivity index (χ4v) is 2.19. The van der Waals surface area contributed by atoms with Crippen molar-refractivity contribution in [2.45, 2.75) is 13.1 Å². The van der Waals surface area contributed by atoms with E-state index in [2.05, 4.69) is 10.1 Å². The van der Waals surface area contributed by atoms with E-state index in [9.17, 15) is 13.2 Å². The number of hydrogen-bond acceptors (Lipinski definition) is 3. The normalized spacial score (nSPS) is 12.0. The predicted octanol–water partition coefficient (Wildman–Crippen LogP) is 3.31. The average Bonchev–Trinajstić information content (AvgIpc) is 2.79. The molecule has 2 heterocycles. The van der Waals surface area contributed by atoms with Gasteiger partial charge in [-0.15, -0.1) is 0 Å². The fourth-order valence-electron chi connectivity index (χ4n) is 2.19. The number of aryl methyl sites for hydroxylation is 1. The number of fused-ring (bicyclic) bond motifs is 1. The van der Waals surface area contributed by atoms with Crippen molar-refractivity contribution in [3.63, 3.8) is 0 Å². The molecule has 0 fully saturated rings. The molecule has 2 N–H and O–H groups in total. The van der Waals surface area contributed by atoms with Crippen LogP contribution in [0, 0.1) is 6.92 Å². The molecule has 0 bridgehead atoms. The third-order valence-electron chi connectivity index (χ3n) is 3.19. The zero-order valence-corrected chi connectivity index (χ0v) is 11.0. The first-order chi connectivity index (χ1) is 9.88. The molecule has 21 heavy (non-hydrogen) atoms. The van der Waals surface area contributed by atoms with Gasteiger partial charge >= 0.3 is 6.18 Å². The van der Waals surface area contributed by atoms with Crippen molar-refractivity contribution < 1.29 is 13.2 Å². The van der Waals surface area contributed by atoms with E-state index >= 15 is 0 Å². The Morgan fingerprint density at radius 3 is 2.67 bits per heavy atom. The molecule has 4 nitrogen and oxygen atoms in total. The van der Waals surface area contributed by atoms with Crippen molar-refractivity contribution in [2.75, 3.05) is 5.73 Å². The molecule has 0 saturated heterocycles. The zero-order valence-electron chi connectivity index (χ0n) is 11.0. The van der Waals surface area contributed by atoms with E-state index in [4.69, 9.17) is 5.73 Å². The quantitative estimate of drug-likeness (QED) is 0.748. The monoisotopic (exact) mass is 292 g/mol. The van der Waals surface area contributed by atoms with Crippen LogP contribution in [0.25, 0.3) is 16.9 Å². The average molecular weight is 292 g/mol. The van der Waals surface area contributed by atoms with Crippen LogP contribution in [0.2, 0.25) is 0 Å². The Morgan fingerprint density at radius 2 is 1.95 bits per heavy atom. The van der Waals surface area contributed by atoms with Crippen LogP contribution in [-0.2, 0) is 6.18 Å². The van der Waals surface area contributed by atoms with E-state index in [1.807, 2.05) is 6.92 Å². The van der Waals surface area contributed by atoms with E-state index in [0.717, 1.165) is 17.7 Å². The standard InChI is InChI=1S/C14H11F3N4/c1-8-6-20-21-12(11(18)7-19-13(8)21)9-3-2-4-10(5-9)14(15,16)17/h2-7H,18H2,1H3. The molecule has 0 amide bonds. The summed E-state index contributed by atoms with van der Waals surface area (Å²) in [4.78, 5) is 4.15. The van der Waals surface area contributed by atoms with Gasteiger partial charge in [0.05, 0.1) is 29.3 Å². The van der Waals surface area contributed by atoms with Crippen molar-refractivity contribution in [3.05, 3.63) is 47.8 Å². The van der Waals surface area contributed by atoms with Gasteiger partial charge in [-0.3, -0.25) is 0 Å². The van der Waals surface area contributed by atoms with Gasteiger partial charge in [-0.2, -0.15) is 18.3 Å². The molecule has 0 unspecified atom stereocenters. The second kappa shape index (κ2) is 4.47. The number of halogens is 3. The molecule has 1 aromatic carbocycles. The number of nitrogens with two attached hydrogens (primary N) is 1. The number of benzene rings is 1. The van der Waals surface area contributed by atoms with Gasteiger partial charge < -0.3 is 5.73 Å². The zero-order chi connectivity index (χ0) is 15.2. The Kier molecular flexibility index (Phi) is 2.86. The lowest BCUT2D eigenvalue weighted by Gasteiger charge is -2.11. The summed E-state index contributed by atoms with van der Waals surface area (Å²) in [6.07, 6.45) is -1.38. The summed E-state index contributed by atoms with van der Waals surface area (Å²) in [5, 5.41) is 4.14. The van der Waals surface area contributed by atoms with Gasteiger partial charge in [0, 0.05) is 11.1 Å². The predicted molar refractivity (Wildman–Crippen MR) is 72.6 cm³/mol. The second-order valence-corrected chi connectivity index (χ2v) is 4.70. The highest BCUT2D eigenvalue weighted by molar-refractivity contribution is 5.75. The van der Waals surface area contributed by atoms with Crippen LogP contribution in [0.15, 0.2) is 36.7 Å². The lowest BCUT2D eigenvalue weighted by molar-refractivity contribution is -0.137. The fraction of sp³-hybridized carbons (Fsp3) is 0.143. The lowest BCUT2D eigenvalue weighted by atomic mass is 10.1. The van der Waals surface area contributed by atoms with Crippen LogP contribution < -0.4 is 5.73 Å². The topological polar surface area (TPSA) is 56.2 Å². The molecule has 0 atom stereocenters. The molecule has 3 rings (SSSR count). The SMILES string of the molecule is Cc1cnn2c(-c3cccc(C(F)(F)F)c3)c(N)cnc12. The summed E-state index contributed by atoms with van der Waals surface area (Å²) in [6.45, 7) is 1.82. The number of nitrogens with zero attached hydrogens (tertiary/aromatic N) is 3. The van der Waals surface area contributed by atoms with Gasteiger partial charge in [-0.05, 0) is 19.1 Å². The van der Waals surface area contributed by atoms with E-state index < -0.39 is 11.7 Å². The largest absolute Gasteiger partial charge is 0.416 e. The van der Waals surface area contributed by atoms with Crippen molar-refractivity contribution in [1.82, 2.24) is 14.6 Å². The lowest BCUT2D eigenvalue weighted by Crippen LogP contribution is -2.06. The highest BCUT2D eigenvalue weighted by Gasteiger charge is 2.30. The molecular weight excluding hydrogens is 281 g/mol. The Hall–Kier alpha value is -2.57. The van der Waals surface area contributed by atoms with Crippen LogP contribution in [0.4, 0.5) is 18.9 Å². The van der Waals surface area contributed by atoms with Gasteiger partial charge in [-0.1, -0.05) is 12.1 Å². The van der Waals surface area contributed by atoms with Crippen LogP contribution >= 0.6 is 0 Å². The molecule has 3 aromatic rings. The Bertz CT molecular complexity index is 821. The van der Waals surface area contributed by atoms with Gasteiger partial charge in [-0.25, -0.2) is 9.50 Å². The van der Waals surface area contributed by atoms with E-state index in [0.29, 0.717) is 16.9 Å². The Balaban J connectivity index is 2.28. The number of nitrogen functional groups attached to an aromatic ring is 1. The third kappa shape index (κ3) is 2.20. The number of alkyl halides is 3. The molecule has 0 spiro atoms. The van der Waals surface area contributed by atoms with Crippen molar-refractivity contribution in [3.8, 4) is 11.3 Å². The summed E-state index contributed by atoms with van der Waals surface area (Å²) in [7, 11) is 0. The smallest absolute Gasteiger partial charge is 0.396 e. The number of anilines is 1. The van der Waals surface area contributed by atoms with Gasteiger partial charge in [0.15, 0.2) is 5.65 Å². The first kappa shape index (κ1) is 13.4. The molecule has 0 aliphatic carbocycles. The number of hydrogen-bond donors (Lipinski definition) is 1. The van der Waals surface area contributed by atoms with E-state index in [-0.39, 0.29) is 5.69 Å². The molecule has 0 saturated carbocycles. The third-order valence-corrected chi connectivity index (χ3v) is 3.19. The summed E-state index contributed by atoms with van der Waals surface area (Å²) in [5.41, 5.74) is 7.56. The van der Waals surface area contributed by atoms with E-state index in [1.165, 1.54) is 16.8 Å². The molecule has 7 heteroatoms. The van der Waals surface area contributed by atoms with Gasteiger partial charge in [0.1, 0.15) is 0 Å². The number of aromatic nitrogens is 3. The maximum atomic E-state index is 12.8. The van der Waals surface area contributed by atoms with Crippen LogP contribution in [0.1, 0.15) is 11.1 Å². The minimum Gasteiger partial charge on any atom is -0.396 e. The minimum atomic E-state index is -4.41. The number of rotatable bonds is 1. The van der Waals surface area contributed by atoms with Crippen molar-refractivity contribution in [1.29, 1.82) is 0 Å².